The number of hydrogen-bond donors (Lipinski definition) is 2. The molecule has 0 bridgehead atoms. The fraction of sp³-hybridized carbons (Fsp3) is 0.222. The molecule has 0 aromatic heterocycles. The van der Waals surface area contributed by atoms with Crippen LogP contribution in [0.4, 0.5) is 23.7 Å². The number of carbonyl (C=O) groups excluding carboxylic acids is 1. The molecule has 16 heavy (non-hydrogen) atoms. The Hall–Kier alpha value is -1.76. The lowest BCUT2D eigenvalue weighted by atomic mass is 10.2. The van der Waals surface area contributed by atoms with E-state index in [-0.39, 0.29) is 5.69 Å². The molecule has 7 heteroatoms. The van der Waals surface area contributed by atoms with Crippen molar-refractivity contribution in [2.45, 2.75) is 6.18 Å². The summed E-state index contributed by atoms with van der Waals surface area (Å²) in [5.41, 5.74) is 0.611. The molecule has 1 rings (SSSR count). The van der Waals surface area contributed by atoms with E-state index >= 15 is 0 Å². The Morgan fingerprint density at radius 3 is 2.50 bits per heavy atom. The highest BCUT2D eigenvalue weighted by atomic mass is 19.4. The molecule has 0 saturated heterocycles. The Labute approximate surface area is 89.4 Å². The van der Waals surface area contributed by atoms with E-state index in [9.17, 15) is 18.0 Å². The fourth-order valence-electron chi connectivity index (χ4n) is 1.08. The molecule has 2 amide bonds. The molecule has 0 spiro atoms. The number of amides is 2. The number of para-hydroxylation sites is 1. The lowest BCUT2D eigenvalue weighted by molar-refractivity contribution is -0.136. The topological polar surface area (TPSA) is 50.4 Å². The molecule has 2 N–H and O–H groups in total. The van der Waals surface area contributed by atoms with Crippen molar-refractivity contribution < 1.29 is 22.8 Å². The summed E-state index contributed by atoms with van der Waals surface area (Å²) in [4.78, 5) is 15.2. The van der Waals surface area contributed by atoms with Gasteiger partial charge in [0.2, 0.25) is 0 Å². The van der Waals surface area contributed by atoms with Gasteiger partial charge in [-0.2, -0.15) is 13.2 Å². The van der Waals surface area contributed by atoms with Gasteiger partial charge in [-0.25, -0.2) is 10.3 Å². The van der Waals surface area contributed by atoms with Gasteiger partial charge >= 0.3 is 12.2 Å². The first kappa shape index (κ1) is 12.3. The summed E-state index contributed by atoms with van der Waals surface area (Å²) < 4.78 is 37.4. The average Bonchev–Trinajstić information content (AvgIpc) is 2.17. The summed E-state index contributed by atoms with van der Waals surface area (Å²) in [6.45, 7) is 0. The molecular weight excluding hydrogens is 225 g/mol. The maximum atomic E-state index is 12.5. The van der Waals surface area contributed by atoms with Crippen molar-refractivity contribution in [2.75, 3.05) is 12.4 Å². The lowest BCUT2D eigenvalue weighted by Crippen LogP contribution is -2.28. The smallest absolute Gasteiger partial charge is 0.306 e. The van der Waals surface area contributed by atoms with E-state index in [1.807, 2.05) is 10.8 Å². The van der Waals surface area contributed by atoms with Crippen LogP contribution < -0.4 is 10.8 Å². The first-order chi connectivity index (χ1) is 7.45. The third-order valence-corrected chi connectivity index (χ3v) is 1.68. The lowest BCUT2D eigenvalue weighted by Gasteiger charge is -2.13. The number of halogens is 3. The van der Waals surface area contributed by atoms with Crippen LogP contribution in [0.25, 0.3) is 0 Å². The van der Waals surface area contributed by atoms with Crippen molar-refractivity contribution in [3.8, 4) is 0 Å². The second-order valence-corrected chi connectivity index (χ2v) is 2.80. The number of hydroxylamine groups is 1. The first-order valence-electron chi connectivity index (χ1n) is 4.21. The van der Waals surface area contributed by atoms with Crippen LogP contribution in [0.5, 0.6) is 0 Å². The fourth-order valence-corrected chi connectivity index (χ4v) is 1.08. The van der Waals surface area contributed by atoms with E-state index in [2.05, 4.69) is 4.84 Å². The van der Waals surface area contributed by atoms with E-state index in [4.69, 9.17) is 0 Å². The van der Waals surface area contributed by atoms with E-state index in [0.717, 1.165) is 12.1 Å². The standard InChI is InChI=1S/C9H9F3N2O2/c1-16-14-8(15)13-7-5-3-2-4-6(7)9(10,11)12/h2-5H,1H3,(H2,13,14,15). The van der Waals surface area contributed by atoms with Gasteiger partial charge in [0.1, 0.15) is 0 Å². The summed E-state index contributed by atoms with van der Waals surface area (Å²) in [5, 5.41) is 2.02. The minimum atomic E-state index is -4.52. The van der Waals surface area contributed by atoms with E-state index < -0.39 is 17.8 Å². The molecule has 1 aromatic carbocycles. The van der Waals surface area contributed by atoms with Gasteiger partial charge in [-0.1, -0.05) is 12.1 Å². The average molecular weight is 234 g/mol. The number of benzene rings is 1. The highest BCUT2D eigenvalue weighted by Crippen LogP contribution is 2.34. The number of nitrogens with one attached hydrogen (secondary N) is 2. The summed E-state index contributed by atoms with van der Waals surface area (Å²) >= 11 is 0. The molecule has 0 fully saturated rings. The molecule has 0 atom stereocenters. The van der Waals surface area contributed by atoms with Crippen LogP contribution in [0.3, 0.4) is 0 Å². The zero-order valence-electron chi connectivity index (χ0n) is 8.26. The van der Waals surface area contributed by atoms with Crippen molar-refractivity contribution in [2.24, 2.45) is 0 Å². The minimum absolute atomic E-state index is 0.329. The number of carbonyl (C=O) groups is 1. The van der Waals surface area contributed by atoms with Gasteiger partial charge in [0.05, 0.1) is 18.4 Å². The van der Waals surface area contributed by atoms with Gasteiger partial charge in [0.25, 0.3) is 0 Å². The number of alkyl halides is 3. The summed E-state index contributed by atoms with van der Waals surface area (Å²) in [6, 6.07) is 3.78. The number of rotatable bonds is 2. The van der Waals surface area contributed by atoms with Crippen molar-refractivity contribution in [3.05, 3.63) is 29.8 Å². The highest BCUT2D eigenvalue weighted by Gasteiger charge is 2.33. The van der Waals surface area contributed by atoms with Gasteiger partial charge in [-0.05, 0) is 12.1 Å². The Morgan fingerprint density at radius 2 is 1.94 bits per heavy atom. The molecule has 0 saturated carbocycles. The number of anilines is 1. The molecule has 1 aromatic rings. The molecular formula is C9H9F3N2O2. The van der Waals surface area contributed by atoms with Crippen LogP contribution in [-0.2, 0) is 11.0 Å². The van der Waals surface area contributed by atoms with Crippen LogP contribution in [0, 0.1) is 0 Å². The zero-order valence-corrected chi connectivity index (χ0v) is 8.26. The molecule has 0 heterocycles. The molecule has 88 valence electrons. The number of hydrogen-bond acceptors (Lipinski definition) is 2. The summed E-state index contributed by atoms with van der Waals surface area (Å²) in [5.74, 6) is 0. The van der Waals surface area contributed by atoms with Gasteiger partial charge < -0.3 is 5.32 Å². The van der Waals surface area contributed by atoms with Gasteiger partial charge in [0, 0.05) is 0 Å². The minimum Gasteiger partial charge on any atom is -0.306 e. The molecule has 4 nitrogen and oxygen atoms in total. The van der Waals surface area contributed by atoms with Crippen LogP contribution >= 0.6 is 0 Å². The highest BCUT2D eigenvalue weighted by molar-refractivity contribution is 5.89. The Morgan fingerprint density at radius 1 is 1.31 bits per heavy atom. The Balaban J connectivity index is 2.92. The van der Waals surface area contributed by atoms with Gasteiger partial charge in [-0.15, -0.1) is 0 Å². The van der Waals surface area contributed by atoms with E-state index in [1.165, 1.54) is 19.2 Å². The predicted molar refractivity (Wildman–Crippen MR) is 50.6 cm³/mol. The molecule has 0 aliphatic carbocycles. The SMILES string of the molecule is CONC(=O)Nc1ccccc1C(F)(F)F. The Bertz CT molecular complexity index is 379. The first-order valence-corrected chi connectivity index (χ1v) is 4.21. The van der Waals surface area contributed by atoms with Crippen LogP contribution in [0.2, 0.25) is 0 Å². The van der Waals surface area contributed by atoms with Crippen molar-refractivity contribution in [1.29, 1.82) is 0 Å². The summed E-state index contributed by atoms with van der Waals surface area (Å²) in [6.07, 6.45) is -4.52. The maximum absolute atomic E-state index is 12.5. The third-order valence-electron chi connectivity index (χ3n) is 1.68. The van der Waals surface area contributed by atoms with E-state index in [0.29, 0.717) is 0 Å². The Kier molecular flexibility index (Phi) is 3.73. The zero-order chi connectivity index (χ0) is 12.2. The van der Waals surface area contributed by atoms with Crippen molar-refractivity contribution in [1.82, 2.24) is 5.48 Å². The van der Waals surface area contributed by atoms with Crippen molar-refractivity contribution in [3.63, 3.8) is 0 Å². The summed E-state index contributed by atoms with van der Waals surface area (Å²) in [7, 11) is 1.18. The van der Waals surface area contributed by atoms with E-state index in [1.54, 1.807) is 0 Å². The van der Waals surface area contributed by atoms with Gasteiger partial charge in [-0.3, -0.25) is 4.84 Å². The third kappa shape index (κ3) is 3.13. The molecule has 0 aliphatic rings. The maximum Gasteiger partial charge on any atom is 0.418 e. The molecule has 0 radical (unpaired) electrons. The molecule has 0 unspecified atom stereocenters. The monoisotopic (exact) mass is 234 g/mol. The largest absolute Gasteiger partial charge is 0.418 e. The normalized spacial score (nSPS) is 11.0. The van der Waals surface area contributed by atoms with Crippen LogP contribution in [0.1, 0.15) is 5.56 Å². The number of urea groups is 1. The second kappa shape index (κ2) is 4.84. The van der Waals surface area contributed by atoms with Crippen molar-refractivity contribution >= 4 is 11.7 Å². The van der Waals surface area contributed by atoms with Crippen LogP contribution in [0.15, 0.2) is 24.3 Å². The molecule has 0 aliphatic heterocycles. The predicted octanol–water partition coefficient (Wildman–Crippen LogP) is 2.39. The second-order valence-electron chi connectivity index (χ2n) is 2.80. The van der Waals surface area contributed by atoms with Crippen LogP contribution in [-0.4, -0.2) is 13.1 Å². The quantitative estimate of drug-likeness (QED) is 0.772. The van der Waals surface area contributed by atoms with Gasteiger partial charge in [0.15, 0.2) is 0 Å².